The van der Waals surface area contributed by atoms with Crippen LogP contribution in [0.15, 0.2) is 24.3 Å². The summed E-state index contributed by atoms with van der Waals surface area (Å²) in [6.07, 6.45) is 16.6. The smallest absolute Gasteiger partial charge is 0.303 e. The van der Waals surface area contributed by atoms with E-state index in [0.717, 1.165) is 44.1 Å². The van der Waals surface area contributed by atoms with E-state index < -0.39 is 29.8 Å². The zero-order valence-electron chi connectivity index (χ0n) is 27.2. The minimum absolute atomic E-state index is 0. The van der Waals surface area contributed by atoms with Crippen LogP contribution >= 0.6 is 21.6 Å². The average Bonchev–Trinajstić information content (AvgIpc) is 3.01. The van der Waals surface area contributed by atoms with E-state index in [0.29, 0.717) is 17.9 Å². The number of Topliss-reactive ketones (excluding diaryl/α,β-unsaturated/α-hetero) is 2. The fourth-order valence-corrected chi connectivity index (χ4v) is 8.21. The summed E-state index contributed by atoms with van der Waals surface area (Å²) in [5, 5.41) is 21.0. The van der Waals surface area contributed by atoms with Gasteiger partial charge in [0.2, 0.25) is 11.8 Å². The third-order valence-electron chi connectivity index (χ3n) is 8.53. The number of aliphatic carboxylic acids is 1. The maximum absolute atomic E-state index is 13.2. The summed E-state index contributed by atoms with van der Waals surface area (Å²) in [5.74, 6) is -1.90. The Labute approximate surface area is 285 Å². The topological polar surface area (TPSA) is 164 Å². The van der Waals surface area contributed by atoms with Gasteiger partial charge in [-0.3, -0.25) is 24.0 Å². The molecule has 2 rings (SSSR count). The number of primary amides is 1. The molecule has 11 heteroatoms. The first kappa shape index (κ1) is 39.6. The van der Waals surface area contributed by atoms with Crippen molar-refractivity contribution in [2.24, 2.45) is 17.6 Å². The Morgan fingerprint density at radius 2 is 1.30 bits per heavy atom. The Morgan fingerprint density at radius 3 is 1.83 bits per heavy atom. The van der Waals surface area contributed by atoms with E-state index in [1.807, 2.05) is 0 Å². The first-order valence-electron chi connectivity index (χ1n) is 17.0. The molecular formula is C35H58N2O7S2. The van der Waals surface area contributed by atoms with Crippen LogP contribution in [0.25, 0.3) is 0 Å². The van der Waals surface area contributed by atoms with E-state index in [9.17, 15) is 29.1 Å². The van der Waals surface area contributed by atoms with Gasteiger partial charge in [0.05, 0.1) is 6.04 Å². The van der Waals surface area contributed by atoms with Crippen LogP contribution in [0.2, 0.25) is 0 Å². The molecule has 1 saturated heterocycles. The molecule has 5 N–H and O–H groups in total. The van der Waals surface area contributed by atoms with Gasteiger partial charge < -0.3 is 21.3 Å². The van der Waals surface area contributed by atoms with Crippen molar-refractivity contribution in [1.29, 1.82) is 0 Å². The number of phenolic OH excluding ortho intramolecular Hbond substituents is 1. The fraction of sp³-hybridized carbons (Fsp3) is 0.686. The maximum atomic E-state index is 13.2. The molecule has 9 nitrogen and oxygen atoms in total. The summed E-state index contributed by atoms with van der Waals surface area (Å²) in [6, 6.07) is 5.81. The Hall–Kier alpha value is -2.53. The van der Waals surface area contributed by atoms with Crippen molar-refractivity contribution in [3.63, 3.8) is 0 Å². The highest BCUT2D eigenvalue weighted by Gasteiger charge is 2.32. The van der Waals surface area contributed by atoms with Crippen molar-refractivity contribution in [3.05, 3.63) is 29.8 Å². The zero-order chi connectivity index (χ0) is 33.6. The van der Waals surface area contributed by atoms with Gasteiger partial charge in [-0.2, -0.15) is 0 Å². The number of benzene rings is 1. The highest BCUT2D eigenvalue weighted by atomic mass is 33.1. The lowest BCUT2D eigenvalue weighted by atomic mass is 9.87. The molecule has 2 amide bonds. The quantitative estimate of drug-likeness (QED) is 0.0648. The maximum Gasteiger partial charge on any atom is 0.303 e. The van der Waals surface area contributed by atoms with E-state index in [-0.39, 0.29) is 51.8 Å². The Balaban J connectivity index is 0.0000110. The van der Waals surface area contributed by atoms with Crippen molar-refractivity contribution in [2.45, 2.75) is 128 Å². The lowest BCUT2D eigenvalue weighted by Gasteiger charge is -2.24. The molecule has 0 aliphatic carbocycles. The number of rotatable bonds is 24. The number of nitrogens with two attached hydrogens (primary N) is 1. The normalized spacial score (nSPS) is 17.5. The molecule has 262 valence electrons. The van der Waals surface area contributed by atoms with E-state index in [1.165, 1.54) is 85.1 Å². The van der Waals surface area contributed by atoms with Crippen LogP contribution in [0.4, 0.5) is 0 Å². The summed E-state index contributed by atoms with van der Waals surface area (Å²) >= 11 is 0. The number of carbonyl (C=O) groups excluding carboxylic acids is 4. The molecule has 0 bridgehead atoms. The van der Waals surface area contributed by atoms with Crippen LogP contribution in [0, 0.1) is 11.8 Å². The van der Waals surface area contributed by atoms with Crippen molar-refractivity contribution in [3.8, 4) is 5.75 Å². The van der Waals surface area contributed by atoms with Crippen molar-refractivity contribution < 1.29 is 37.0 Å². The molecule has 0 radical (unpaired) electrons. The standard InChI is InChI=1S/C35H54N2O7S2.2H2/c36-35(44)27(21-26-17-19-29(38)20-18-26)22-31(39)28-23-32(40)30(25-46-45-24-28)37-33(41)15-13-11-9-7-5-3-1-2-4-6-8-10-12-14-16-34(42)43;;/h17-20,27-28,30,38H,1-16,21-25H2,(H2,36,44)(H,37,41)(H,42,43);2*1H/t27-,28+,30+;;/m1../s1. The number of amides is 2. The van der Waals surface area contributed by atoms with Crippen molar-refractivity contribution in [2.75, 3.05) is 11.5 Å². The van der Waals surface area contributed by atoms with Crippen LogP contribution < -0.4 is 11.1 Å². The number of carboxylic acid groups (broad SMARTS) is 1. The van der Waals surface area contributed by atoms with Crippen LogP contribution in [0.3, 0.4) is 0 Å². The molecule has 1 aromatic rings. The predicted octanol–water partition coefficient (Wildman–Crippen LogP) is 7.27. The first-order chi connectivity index (χ1) is 22.2. The van der Waals surface area contributed by atoms with Gasteiger partial charge in [0.25, 0.3) is 0 Å². The SMILES string of the molecule is NC(=O)[C@@H](CC(=O)[C@@H]1CSSC[C@H](NC(=O)CCCCCCCCCCCCCCCCC(=O)O)C(=O)C1)Cc1ccc(O)cc1.[HH].[HH]. The number of carboxylic acids is 1. The minimum atomic E-state index is -0.701. The second-order valence-corrected chi connectivity index (χ2v) is 15.1. The predicted molar refractivity (Wildman–Crippen MR) is 190 cm³/mol. The molecular weight excluding hydrogens is 625 g/mol. The van der Waals surface area contributed by atoms with Crippen molar-refractivity contribution >= 4 is 50.9 Å². The van der Waals surface area contributed by atoms with Crippen LogP contribution in [-0.2, 0) is 30.4 Å². The summed E-state index contributed by atoms with van der Waals surface area (Å²) in [7, 11) is 2.99. The molecule has 1 aromatic carbocycles. The summed E-state index contributed by atoms with van der Waals surface area (Å²) in [6.45, 7) is 0. The van der Waals surface area contributed by atoms with Gasteiger partial charge in [-0.15, -0.1) is 0 Å². The van der Waals surface area contributed by atoms with E-state index in [1.54, 1.807) is 12.1 Å². The van der Waals surface area contributed by atoms with Crippen LogP contribution in [0.1, 0.15) is 124 Å². The number of unbranched alkanes of at least 4 members (excludes halogenated alkanes) is 13. The molecule has 0 spiro atoms. The number of nitrogens with one attached hydrogen (secondary N) is 1. The Morgan fingerprint density at radius 1 is 0.804 bits per heavy atom. The number of carbonyl (C=O) groups is 5. The summed E-state index contributed by atoms with van der Waals surface area (Å²) < 4.78 is 0. The van der Waals surface area contributed by atoms with E-state index >= 15 is 0 Å². The highest BCUT2D eigenvalue weighted by Crippen LogP contribution is 2.31. The number of phenols is 1. The summed E-state index contributed by atoms with van der Waals surface area (Å²) in [4.78, 5) is 61.4. The van der Waals surface area contributed by atoms with Gasteiger partial charge in [0, 0.05) is 51.9 Å². The van der Waals surface area contributed by atoms with Crippen molar-refractivity contribution in [1.82, 2.24) is 5.32 Å². The van der Waals surface area contributed by atoms with Gasteiger partial charge >= 0.3 is 5.97 Å². The Bertz CT molecular complexity index is 1100. The second-order valence-electron chi connectivity index (χ2n) is 12.5. The molecule has 3 atom stereocenters. The molecule has 1 fully saturated rings. The minimum Gasteiger partial charge on any atom is -0.508 e. The van der Waals surface area contributed by atoms with Gasteiger partial charge in [-0.05, 0) is 37.0 Å². The molecule has 1 aliphatic heterocycles. The first-order valence-corrected chi connectivity index (χ1v) is 19.5. The van der Waals surface area contributed by atoms with Crippen LogP contribution in [-0.4, -0.2) is 57.1 Å². The van der Waals surface area contributed by atoms with Crippen LogP contribution in [0.5, 0.6) is 5.75 Å². The largest absolute Gasteiger partial charge is 0.508 e. The lowest BCUT2D eigenvalue weighted by molar-refractivity contribution is -0.137. The molecule has 0 saturated carbocycles. The second kappa shape index (κ2) is 23.7. The fourth-order valence-electron chi connectivity index (χ4n) is 5.66. The molecule has 1 aliphatic rings. The molecule has 0 unspecified atom stereocenters. The third kappa shape index (κ3) is 18.0. The molecule has 1 heterocycles. The van der Waals surface area contributed by atoms with Gasteiger partial charge in [-0.1, -0.05) is 111 Å². The average molecular weight is 683 g/mol. The van der Waals surface area contributed by atoms with Gasteiger partial charge in [0.15, 0.2) is 5.78 Å². The summed E-state index contributed by atoms with van der Waals surface area (Å²) in [5.41, 5.74) is 6.39. The van der Waals surface area contributed by atoms with E-state index in [4.69, 9.17) is 10.8 Å². The van der Waals surface area contributed by atoms with Gasteiger partial charge in [0.1, 0.15) is 11.5 Å². The third-order valence-corrected chi connectivity index (χ3v) is 11.0. The number of hydrogen-bond acceptors (Lipinski definition) is 8. The monoisotopic (exact) mass is 682 g/mol. The zero-order valence-corrected chi connectivity index (χ0v) is 28.9. The van der Waals surface area contributed by atoms with E-state index in [2.05, 4.69) is 5.32 Å². The number of aromatic hydroxyl groups is 1. The lowest BCUT2D eigenvalue weighted by Crippen LogP contribution is -2.44. The highest BCUT2D eigenvalue weighted by molar-refractivity contribution is 8.76. The number of ketones is 2. The number of hydrogen-bond donors (Lipinski definition) is 4. The Kier molecular flexibility index (Phi) is 20.5. The molecule has 46 heavy (non-hydrogen) atoms. The molecule has 0 aromatic heterocycles. The van der Waals surface area contributed by atoms with Gasteiger partial charge in [-0.25, -0.2) is 0 Å².